The molecule has 0 amide bonds. The van der Waals surface area contributed by atoms with Gasteiger partial charge in [0, 0.05) is 23.3 Å². The van der Waals surface area contributed by atoms with Crippen molar-refractivity contribution < 1.29 is 5.11 Å². The van der Waals surface area contributed by atoms with Gasteiger partial charge in [-0.05, 0) is 47.0 Å². The fraction of sp³-hybridized carbons (Fsp3) is 0.400. The number of aliphatic hydroxyl groups is 1. The predicted molar refractivity (Wildman–Crippen MR) is 59.1 cm³/mol. The third-order valence-corrected chi connectivity index (χ3v) is 2.46. The summed E-state index contributed by atoms with van der Waals surface area (Å²) < 4.78 is 1.07. The minimum Gasteiger partial charge on any atom is -0.396 e. The third-order valence-electron chi connectivity index (χ3n) is 1.77. The van der Waals surface area contributed by atoms with Crippen molar-refractivity contribution in [2.75, 3.05) is 18.5 Å². The Morgan fingerprint density at radius 1 is 1.46 bits per heavy atom. The Kier molecular flexibility index (Phi) is 4.25. The van der Waals surface area contributed by atoms with Crippen LogP contribution in [0.4, 0.5) is 5.69 Å². The van der Waals surface area contributed by atoms with Gasteiger partial charge in [-0.2, -0.15) is 0 Å². The lowest BCUT2D eigenvalue weighted by Crippen LogP contribution is -2.03. The zero-order valence-electron chi connectivity index (χ0n) is 7.68. The van der Waals surface area contributed by atoms with Gasteiger partial charge in [-0.25, -0.2) is 0 Å². The molecule has 3 heteroatoms. The molecule has 1 rings (SSSR count). The molecule has 0 radical (unpaired) electrons. The Labute approximate surface area is 87.1 Å². The first-order valence-electron chi connectivity index (χ1n) is 4.35. The van der Waals surface area contributed by atoms with Crippen molar-refractivity contribution in [2.45, 2.75) is 13.3 Å². The summed E-state index contributed by atoms with van der Waals surface area (Å²) in [6.45, 7) is 3.10. The van der Waals surface area contributed by atoms with E-state index in [-0.39, 0.29) is 6.61 Å². The second-order valence-electron chi connectivity index (χ2n) is 2.99. The Morgan fingerprint density at radius 2 is 2.23 bits per heavy atom. The number of rotatable bonds is 4. The molecule has 0 aliphatic carbocycles. The van der Waals surface area contributed by atoms with E-state index in [1.165, 1.54) is 5.56 Å². The lowest BCUT2D eigenvalue weighted by Gasteiger charge is -2.08. The average Bonchev–Trinajstić information content (AvgIpc) is 2.11. The highest BCUT2D eigenvalue weighted by atomic mass is 79.9. The van der Waals surface area contributed by atoms with Crippen molar-refractivity contribution >= 4 is 21.6 Å². The van der Waals surface area contributed by atoms with E-state index < -0.39 is 0 Å². The Balaban J connectivity index is 2.59. The molecule has 0 aliphatic rings. The van der Waals surface area contributed by atoms with Crippen LogP contribution in [0.15, 0.2) is 22.7 Å². The number of hydrogen-bond donors (Lipinski definition) is 2. The summed E-state index contributed by atoms with van der Waals surface area (Å²) in [5.41, 5.74) is 2.32. The minimum atomic E-state index is 0.233. The van der Waals surface area contributed by atoms with Crippen LogP contribution >= 0.6 is 15.9 Å². The van der Waals surface area contributed by atoms with Crippen LogP contribution in [0.5, 0.6) is 0 Å². The van der Waals surface area contributed by atoms with Crippen LogP contribution in [-0.2, 0) is 0 Å². The molecule has 0 fully saturated rings. The predicted octanol–water partition coefficient (Wildman–Crippen LogP) is 2.55. The van der Waals surface area contributed by atoms with Crippen LogP contribution < -0.4 is 5.32 Å². The molecule has 1 aromatic carbocycles. The van der Waals surface area contributed by atoms with Crippen LogP contribution in [0.3, 0.4) is 0 Å². The molecular weight excluding hydrogens is 230 g/mol. The maximum Gasteiger partial charge on any atom is 0.0487 e. The zero-order valence-corrected chi connectivity index (χ0v) is 9.26. The van der Waals surface area contributed by atoms with Crippen LogP contribution in [0, 0.1) is 6.92 Å². The molecular formula is C10H14BrNO. The quantitative estimate of drug-likeness (QED) is 0.798. The molecule has 0 unspecified atom stereocenters. The van der Waals surface area contributed by atoms with Crippen LogP contribution in [-0.4, -0.2) is 18.3 Å². The van der Waals surface area contributed by atoms with Crippen LogP contribution in [0.25, 0.3) is 0 Å². The second-order valence-corrected chi connectivity index (χ2v) is 3.84. The molecule has 0 bridgehead atoms. The highest BCUT2D eigenvalue weighted by Crippen LogP contribution is 2.22. The van der Waals surface area contributed by atoms with Crippen LogP contribution in [0.1, 0.15) is 12.0 Å². The summed E-state index contributed by atoms with van der Waals surface area (Å²) in [4.78, 5) is 0. The molecule has 0 saturated carbocycles. The van der Waals surface area contributed by atoms with E-state index in [0.29, 0.717) is 0 Å². The van der Waals surface area contributed by atoms with Crippen molar-refractivity contribution in [1.82, 2.24) is 0 Å². The molecule has 0 saturated heterocycles. The molecule has 0 aliphatic heterocycles. The van der Waals surface area contributed by atoms with Crippen molar-refractivity contribution in [3.63, 3.8) is 0 Å². The Hall–Kier alpha value is -0.540. The molecule has 2 N–H and O–H groups in total. The fourth-order valence-electron chi connectivity index (χ4n) is 1.08. The van der Waals surface area contributed by atoms with Crippen LogP contribution in [0.2, 0.25) is 0 Å². The molecule has 72 valence electrons. The van der Waals surface area contributed by atoms with E-state index in [0.717, 1.165) is 23.1 Å². The maximum atomic E-state index is 8.62. The monoisotopic (exact) mass is 243 g/mol. The third kappa shape index (κ3) is 3.36. The number of hydrogen-bond acceptors (Lipinski definition) is 2. The zero-order chi connectivity index (χ0) is 9.68. The molecule has 2 nitrogen and oxygen atoms in total. The second kappa shape index (κ2) is 5.25. The highest BCUT2D eigenvalue weighted by Gasteiger charge is 1.97. The number of benzene rings is 1. The largest absolute Gasteiger partial charge is 0.396 e. The van der Waals surface area contributed by atoms with Gasteiger partial charge in [-0.15, -0.1) is 0 Å². The standard InChI is InChI=1S/C10H14BrNO/c1-8-3-4-9(11)10(7-8)12-5-2-6-13/h3-4,7,12-13H,2,5-6H2,1H3. The van der Waals surface area contributed by atoms with E-state index in [1.54, 1.807) is 0 Å². The molecule has 1 aromatic rings. The lowest BCUT2D eigenvalue weighted by molar-refractivity contribution is 0.292. The van der Waals surface area contributed by atoms with Crippen molar-refractivity contribution in [3.05, 3.63) is 28.2 Å². The maximum absolute atomic E-state index is 8.62. The van der Waals surface area contributed by atoms with Gasteiger partial charge in [-0.3, -0.25) is 0 Å². The van der Waals surface area contributed by atoms with E-state index in [2.05, 4.69) is 40.3 Å². The molecule has 13 heavy (non-hydrogen) atoms. The van der Waals surface area contributed by atoms with Gasteiger partial charge in [0.1, 0.15) is 0 Å². The van der Waals surface area contributed by atoms with Gasteiger partial charge < -0.3 is 10.4 Å². The van der Waals surface area contributed by atoms with E-state index in [4.69, 9.17) is 5.11 Å². The van der Waals surface area contributed by atoms with Gasteiger partial charge >= 0.3 is 0 Å². The van der Waals surface area contributed by atoms with E-state index in [9.17, 15) is 0 Å². The number of aliphatic hydroxyl groups excluding tert-OH is 1. The van der Waals surface area contributed by atoms with Gasteiger partial charge in [0.25, 0.3) is 0 Å². The van der Waals surface area contributed by atoms with Crippen molar-refractivity contribution in [3.8, 4) is 0 Å². The SMILES string of the molecule is Cc1ccc(Br)c(NCCCO)c1. The lowest BCUT2D eigenvalue weighted by atomic mass is 10.2. The smallest absolute Gasteiger partial charge is 0.0487 e. The summed E-state index contributed by atoms with van der Waals surface area (Å²) in [7, 11) is 0. The molecule has 0 heterocycles. The first kappa shape index (κ1) is 10.5. The molecule has 0 spiro atoms. The number of nitrogens with one attached hydrogen (secondary N) is 1. The first-order valence-corrected chi connectivity index (χ1v) is 5.14. The van der Waals surface area contributed by atoms with Crippen molar-refractivity contribution in [1.29, 1.82) is 0 Å². The summed E-state index contributed by atoms with van der Waals surface area (Å²) in [6, 6.07) is 6.17. The Morgan fingerprint density at radius 3 is 2.92 bits per heavy atom. The summed E-state index contributed by atoms with van der Waals surface area (Å²) in [5, 5.41) is 11.9. The van der Waals surface area contributed by atoms with E-state index in [1.807, 2.05) is 6.07 Å². The first-order chi connectivity index (χ1) is 6.24. The molecule has 0 aromatic heterocycles. The topological polar surface area (TPSA) is 32.3 Å². The van der Waals surface area contributed by atoms with Gasteiger partial charge in [0.15, 0.2) is 0 Å². The van der Waals surface area contributed by atoms with Gasteiger partial charge in [0.05, 0.1) is 0 Å². The van der Waals surface area contributed by atoms with Gasteiger partial charge in [-0.1, -0.05) is 6.07 Å². The van der Waals surface area contributed by atoms with Gasteiger partial charge in [0.2, 0.25) is 0 Å². The fourth-order valence-corrected chi connectivity index (χ4v) is 1.46. The van der Waals surface area contributed by atoms with Crippen molar-refractivity contribution in [2.24, 2.45) is 0 Å². The summed E-state index contributed by atoms with van der Waals surface area (Å²) in [5.74, 6) is 0. The minimum absolute atomic E-state index is 0.233. The highest BCUT2D eigenvalue weighted by molar-refractivity contribution is 9.10. The summed E-state index contributed by atoms with van der Waals surface area (Å²) in [6.07, 6.45) is 0.778. The Bertz CT molecular complexity index is 276. The number of aryl methyl sites for hydroxylation is 1. The molecule has 0 atom stereocenters. The number of anilines is 1. The number of halogens is 1. The summed E-state index contributed by atoms with van der Waals surface area (Å²) >= 11 is 3.46. The average molecular weight is 244 g/mol. The van der Waals surface area contributed by atoms with E-state index >= 15 is 0 Å². The normalized spacial score (nSPS) is 10.1.